The van der Waals surface area contributed by atoms with Crippen LogP contribution in [0.4, 0.5) is 4.39 Å². The highest BCUT2D eigenvalue weighted by Gasteiger charge is 2.16. The Morgan fingerprint density at radius 3 is 2.57 bits per heavy atom. The molecule has 1 unspecified atom stereocenters. The van der Waals surface area contributed by atoms with Gasteiger partial charge in [-0.3, -0.25) is 0 Å². The number of fused-ring (bicyclic) bond motifs is 2. The van der Waals surface area contributed by atoms with E-state index in [1.165, 1.54) is 15.5 Å². The van der Waals surface area contributed by atoms with Crippen molar-refractivity contribution in [3.05, 3.63) is 70.2 Å². The summed E-state index contributed by atoms with van der Waals surface area (Å²) in [4.78, 5) is 1.12. The lowest BCUT2D eigenvalue weighted by Crippen LogP contribution is -2.10. The Bertz CT molecular complexity index is 910. The minimum Gasteiger partial charge on any atom is -0.320 e. The highest BCUT2D eigenvalue weighted by Crippen LogP contribution is 2.36. The predicted molar refractivity (Wildman–Crippen MR) is 89.6 cm³/mol. The molecule has 0 spiro atoms. The second-order valence-corrected chi connectivity index (χ2v) is 7.02. The molecule has 1 nitrogen and oxygen atoms in total. The van der Waals surface area contributed by atoms with Gasteiger partial charge in [-0.15, -0.1) is 22.7 Å². The van der Waals surface area contributed by atoms with E-state index in [2.05, 4.69) is 17.5 Å². The number of nitrogens with two attached hydrogens (primary N) is 1. The first-order chi connectivity index (χ1) is 10.2. The number of hydrogen-bond donors (Lipinski definition) is 1. The zero-order valence-corrected chi connectivity index (χ0v) is 12.7. The van der Waals surface area contributed by atoms with Crippen LogP contribution in [0.3, 0.4) is 0 Å². The van der Waals surface area contributed by atoms with Gasteiger partial charge < -0.3 is 5.73 Å². The average Bonchev–Trinajstić information content (AvgIpc) is 3.08. The Morgan fingerprint density at radius 2 is 1.76 bits per heavy atom. The number of benzene rings is 2. The van der Waals surface area contributed by atoms with E-state index in [9.17, 15) is 4.39 Å². The Morgan fingerprint density at radius 1 is 0.952 bits per heavy atom. The highest BCUT2D eigenvalue weighted by molar-refractivity contribution is 7.27. The summed E-state index contributed by atoms with van der Waals surface area (Å²) in [6.45, 7) is 0. The van der Waals surface area contributed by atoms with Crippen molar-refractivity contribution >= 4 is 42.8 Å². The molecule has 2 heterocycles. The molecule has 0 aliphatic heterocycles. The van der Waals surface area contributed by atoms with Crippen LogP contribution < -0.4 is 5.73 Å². The molecular formula is C17H12FNS2. The summed E-state index contributed by atoms with van der Waals surface area (Å²) in [5.41, 5.74) is 7.42. The molecule has 4 aromatic rings. The summed E-state index contributed by atoms with van der Waals surface area (Å²) in [6, 6.07) is 14.9. The van der Waals surface area contributed by atoms with Crippen LogP contribution in [0.5, 0.6) is 0 Å². The Labute approximate surface area is 129 Å². The molecule has 104 valence electrons. The molecule has 2 aromatic heterocycles. The molecule has 4 rings (SSSR count). The van der Waals surface area contributed by atoms with Crippen LogP contribution in [-0.4, -0.2) is 0 Å². The summed E-state index contributed by atoms with van der Waals surface area (Å²) in [6.07, 6.45) is 0. The summed E-state index contributed by atoms with van der Waals surface area (Å²) in [5, 5.41) is 3.61. The van der Waals surface area contributed by atoms with Crippen molar-refractivity contribution in [2.24, 2.45) is 5.73 Å². The maximum atomic E-state index is 13.9. The first kappa shape index (κ1) is 13.0. The van der Waals surface area contributed by atoms with E-state index < -0.39 is 0 Å². The van der Waals surface area contributed by atoms with Gasteiger partial charge in [0.05, 0.1) is 6.04 Å². The molecule has 0 aliphatic carbocycles. The zero-order chi connectivity index (χ0) is 14.4. The molecule has 2 aromatic carbocycles. The van der Waals surface area contributed by atoms with Crippen LogP contribution in [-0.2, 0) is 0 Å². The third-order valence-electron chi connectivity index (χ3n) is 3.70. The lowest BCUT2D eigenvalue weighted by molar-refractivity contribution is 0.639. The molecule has 0 saturated heterocycles. The van der Waals surface area contributed by atoms with Crippen molar-refractivity contribution in [1.82, 2.24) is 0 Å². The topological polar surface area (TPSA) is 26.0 Å². The minimum absolute atomic E-state index is 0.200. The Balaban J connectivity index is 1.89. The lowest BCUT2D eigenvalue weighted by atomic mass is 9.98. The molecule has 0 saturated carbocycles. The Hall–Kier alpha value is -1.75. The first-order valence-electron chi connectivity index (χ1n) is 6.64. The van der Waals surface area contributed by atoms with Gasteiger partial charge in [-0.1, -0.05) is 30.3 Å². The predicted octanol–water partition coefficient (Wildman–Crippen LogP) is 5.30. The van der Waals surface area contributed by atoms with Crippen LogP contribution in [0.15, 0.2) is 53.9 Å². The Kier molecular flexibility index (Phi) is 3.03. The van der Waals surface area contributed by atoms with Crippen molar-refractivity contribution in [2.75, 3.05) is 0 Å². The summed E-state index contributed by atoms with van der Waals surface area (Å²) in [7, 11) is 0. The minimum atomic E-state index is -0.222. The van der Waals surface area contributed by atoms with E-state index in [-0.39, 0.29) is 11.9 Å². The van der Waals surface area contributed by atoms with Gasteiger partial charge in [0.25, 0.3) is 0 Å². The maximum absolute atomic E-state index is 13.9. The van der Waals surface area contributed by atoms with E-state index in [1.54, 1.807) is 34.8 Å². The number of halogens is 1. The van der Waals surface area contributed by atoms with Crippen molar-refractivity contribution in [3.8, 4) is 0 Å². The van der Waals surface area contributed by atoms with Crippen molar-refractivity contribution in [3.63, 3.8) is 0 Å². The van der Waals surface area contributed by atoms with Gasteiger partial charge in [0.15, 0.2) is 0 Å². The van der Waals surface area contributed by atoms with E-state index in [1.807, 2.05) is 18.2 Å². The fourth-order valence-corrected chi connectivity index (χ4v) is 4.79. The SMILES string of the molecule is NC(c1cc2sccc2s1)c1ccc(F)c2ccccc12. The molecule has 21 heavy (non-hydrogen) atoms. The van der Waals surface area contributed by atoms with Crippen molar-refractivity contribution in [1.29, 1.82) is 0 Å². The third kappa shape index (κ3) is 2.07. The normalized spacial score (nSPS) is 13.0. The van der Waals surface area contributed by atoms with Gasteiger partial charge in [0.2, 0.25) is 0 Å². The summed E-state index contributed by atoms with van der Waals surface area (Å²) >= 11 is 3.43. The number of hydrogen-bond acceptors (Lipinski definition) is 3. The lowest BCUT2D eigenvalue weighted by Gasteiger charge is -2.13. The van der Waals surface area contributed by atoms with E-state index >= 15 is 0 Å². The van der Waals surface area contributed by atoms with E-state index in [0.29, 0.717) is 5.39 Å². The van der Waals surface area contributed by atoms with Gasteiger partial charge >= 0.3 is 0 Å². The molecule has 0 aliphatic rings. The molecule has 2 N–H and O–H groups in total. The van der Waals surface area contributed by atoms with Gasteiger partial charge in [0.1, 0.15) is 5.82 Å². The molecule has 4 heteroatoms. The zero-order valence-electron chi connectivity index (χ0n) is 11.0. The second-order valence-electron chi connectivity index (χ2n) is 4.96. The quantitative estimate of drug-likeness (QED) is 0.533. The van der Waals surface area contributed by atoms with Crippen LogP contribution in [0.2, 0.25) is 0 Å². The first-order valence-corrected chi connectivity index (χ1v) is 8.33. The molecule has 0 amide bonds. The second kappa shape index (κ2) is 4.91. The molecule has 0 radical (unpaired) electrons. The van der Waals surface area contributed by atoms with Crippen molar-refractivity contribution in [2.45, 2.75) is 6.04 Å². The van der Waals surface area contributed by atoms with Gasteiger partial charge in [-0.25, -0.2) is 4.39 Å². The van der Waals surface area contributed by atoms with Gasteiger partial charge in [-0.05, 0) is 34.5 Å². The van der Waals surface area contributed by atoms with Crippen LogP contribution in [0, 0.1) is 5.82 Å². The van der Waals surface area contributed by atoms with Gasteiger partial charge in [-0.2, -0.15) is 0 Å². The monoisotopic (exact) mass is 313 g/mol. The van der Waals surface area contributed by atoms with Crippen molar-refractivity contribution < 1.29 is 4.39 Å². The smallest absolute Gasteiger partial charge is 0.131 e. The fourth-order valence-electron chi connectivity index (χ4n) is 2.65. The van der Waals surface area contributed by atoms with E-state index in [0.717, 1.165) is 15.8 Å². The highest BCUT2D eigenvalue weighted by atomic mass is 32.1. The molecule has 0 fully saturated rings. The van der Waals surface area contributed by atoms with Crippen LogP contribution in [0.1, 0.15) is 16.5 Å². The maximum Gasteiger partial charge on any atom is 0.131 e. The third-order valence-corrected chi connectivity index (χ3v) is 5.88. The number of rotatable bonds is 2. The van der Waals surface area contributed by atoms with Gasteiger partial charge in [0, 0.05) is 19.7 Å². The largest absolute Gasteiger partial charge is 0.320 e. The van der Waals surface area contributed by atoms with E-state index in [4.69, 9.17) is 5.73 Å². The molecule has 1 atom stereocenters. The number of thiophene rings is 2. The van der Waals surface area contributed by atoms with Crippen LogP contribution >= 0.6 is 22.7 Å². The van der Waals surface area contributed by atoms with Crippen LogP contribution in [0.25, 0.3) is 20.2 Å². The molecule has 0 bridgehead atoms. The fraction of sp³-hybridized carbons (Fsp3) is 0.0588. The average molecular weight is 313 g/mol. The molecular weight excluding hydrogens is 301 g/mol. The standard InChI is InChI=1S/C17H12FNS2/c18-13-6-5-12(10-3-1-2-4-11(10)13)17(19)16-9-15-14(21-16)7-8-20-15/h1-9,17H,19H2. The summed E-state index contributed by atoms with van der Waals surface area (Å²) in [5.74, 6) is -0.200. The summed E-state index contributed by atoms with van der Waals surface area (Å²) < 4.78 is 16.4.